The lowest BCUT2D eigenvalue weighted by Crippen LogP contribution is -2.39. The van der Waals surface area contributed by atoms with Crippen molar-refractivity contribution in [1.29, 1.82) is 0 Å². The van der Waals surface area contributed by atoms with E-state index >= 15 is 0 Å². The molecule has 104 valence electrons. The molecule has 1 atom stereocenters. The molecule has 17 heavy (non-hydrogen) atoms. The van der Waals surface area contributed by atoms with Crippen LogP contribution in [0.25, 0.3) is 0 Å². The van der Waals surface area contributed by atoms with Gasteiger partial charge in [0.1, 0.15) is 0 Å². The van der Waals surface area contributed by atoms with Crippen molar-refractivity contribution >= 4 is 10.0 Å². The minimum atomic E-state index is -3.20. The molecular weight excluding hydrogens is 240 g/mol. The van der Waals surface area contributed by atoms with E-state index in [1.54, 1.807) is 6.92 Å². The van der Waals surface area contributed by atoms with Gasteiger partial charge in [-0.05, 0) is 33.2 Å². The predicted octanol–water partition coefficient (Wildman–Crippen LogP) is 0.721. The highest BCUT2D eigenvalue weighted by Gasteiger charge is 2.18. The van der Waals surface area contributed by atoms with E-state index in [1.165, 1.54) is 0 Å². The van der Waals surface area contributed by atoms with Crippen LogP contribution >= 0.6 is 0 Å². The maximum atomic E-state index is 11.8. The van der Waals surface area contributed by atoms with E-state index < -0.39 is 15.3 Å². The maximum Gasteiger partial charge on any atom is 0.215 e. The van der Waals surface area contributed by atoms with E-state index in [0.717, 1.165) is 13.0 Å². The summed E-state index contributed by atoms with van der Waals surface area (Å²) in [7, 11) is -3.20. The molecular formula is C11H26N2O3S. The van der Waals surface area contributed by atoms with Crippen molar-refractivity contribution in [3.8, 4) is 0 Å². The van der Waals surface area contributed by atoms with Crippen molar-refractivity contribution < 1.29 is 13.2 Å². The Hall–Kier alpha value is -0.170. The van der Waals surface area contributed by atoms with Crippen LogP contribution in [-0.2, 0) is 14.8 Å². The summed E-state index contributed by atoms with van der Waals surface area (Å²) in [6.45, 7) is 8.75. The van der Waals surface area contributed by atoms with Crippen LogP contribution < -0.4 is 10.0 Å². The van der Waals surface area contributed by atoms with Gasteiger partial charge in [0.05, 0.1) is 5.25 Å². The highest BCUT2D eigenvalue weighted by molar-refractivity contribution is 7.90. The highest BCUT2D eigenvalue weighted by atomic mass is 32.2. The van der Waals surface area contributed by atoms with E-state index in [-0.39, 0.29) is 0 Å². The Morgan fingerprint density at radius 3 is 2.53 bits per heavy atom. The predicted molar refractivity (Wildman–Crippen MR) is 70.7 cm³/mol. The van der Waals surface area contributed by atoms with Gasteiger partial charge in [-0.15, -0.1) is 0 Å². The SMILES string of the molecule is CCCNCC(C)S(=O)(=O)NCCCOCC. The third-order valence-corrected chi connectivity index (χ3v) is 4.19. The first-order valence-electron chi connectivity index (χ1n) is 6.31. The first kappa shape index (κ1) is 16.8. The molecule has 0 saturated heterocycles. The summed E-state index contributed by atoms with van der Waals surface area (Å²) in [4.78, 5) is 0. The van der Waals surface area contributed by atoms with Crippen LogP contribution in [0.15, 0.2) is 0 Å². The number of ether oxygens (including phenoxy) is 1. The van der Waals surface area contributed by atoms with Gasteiger partial charge in [0, 0.05) is 26.3 Å². The molecule has 0 amide bonds. The number of nitrogens with one attached hydrogen (secondary N) is 2. The fraction of sp³-hybridized carbons (Fsp3) is 1.00. The molecule has 0 aliphatic carbocycles. The first-order valence-corrected chi connectivity index (χ1v) is 7.86. The molecule has 0 aromatic heterocycles. The summed E-state index contributed by atoms with van der Waals surface area (Å²) < 4.78 is 31.3. The normalized spacial score (nSPS) is 13.8. The Balaban J connectivity index is 3.77. The molecule has 0 bridgehead atoms. The fourth-order valence-corrected chi connectivity index (χ4v) is 2.32. The zero-order valence-electron chi connectivity index (χ0n) is 11.2. The minimum Gasteiger partial charge on any atom is -0.382 e. The van der Waals surface area contributed by atoms with Crippen LogP contribution in [0.1, 0.15) is 33.6 Å². The Bertz CT molecular complexity index is 268. The maximum absolute atomic E-state index is 11.8. The molecule has 0 rings (SSSR count). The summed E-state index contributed by atoms with van der Waals surface area (Å²) in [6, 6.07) is 0. The summed E-state index contributed by atoms with van der Waals surface area (Å²) in [5, 5.41) is 2.71. The summed E-state index contributed by atoms with van der Waals surface area (Å²) in [6.07, 6.45) is 1.72. The third-order valence-electron chi connectivity index (χ3n) is 2.36. The lowest BCUT2D eigenvalue weighted by Gasteiger charge is -2.14. The van der Waals surface area contributed by atoms with Gasteiger partial charge in [0.2, 0.25) is 10.0 Å². The minimum absolute atomic E-state index is 0.402. The largest absolute Gasteiger partial charge is 0.382 e. The van der Waals surface area contributed by atoms with E-state index in [1.807, 2.05) is 6.92 Å². The zero-order valence-corrected chi connectivity index (χ0v) is 12.0. The number of rotatable bonds is 11. The van der Waals surface area contributed by atoms with Crippen LogP contribution in [0.3, 0.4) is 0 Å². The van der Waals surface area contributed by atoms with Crippen molar-refractivity contribution in [3.05, 3.63) is 0 Å². The molecule has 0 spiro atoms. The highest BCUT2D eigenvalue weighted by Crippen LogP contribution is 1.97. The van der Waals surface area contributed by atoms with Gasteiger partial charge in [-0.1, -0.05) is 6.92 Å². The molecule has 0 heterocycles. The summed E-state index contributed by atoms with van der Waals surface area (Å²) in [5.74, 6) is 0. The van der Waals surface area contributed by atoms with Gasteiger partial charge < -0.3 is 10.1 Å². The van der Waals surface area contributed by atoms with Crippen LogP contribution in [0.5, 0.6) is 0 Å². The lowest BCUT2D eigenvalue weighted by molar-refractivity contribution is 0.146. The van der Waals surface area contributed by atoms with Crippen molar-refractivity contribution in [2.75, 3.05) is 32.8 Å². The average Bonchev–Trinajstić information content (AvgIpc) is 2.29. The molecule has 0 aliphatic heterocycles. The van der Waals surface area contributed by atoms with E-state index in [2.05, 4.69) is 17.0 Å². The lowest BCUT2D eigenvalue weighted by atomic mass is 10.4. The molecule has 6 heteroatoms. The smallest absolute Gasteiger partial charge is 0.215 e. The average molecular weight is 266 g/mol. The molecule has 0 aliphatic rings. The topological polar surface area (TPSA) is 67.4 Å². The standard InChI is InChI=1S/C11H26N2O3S/c1-4-7-12-10-11(3)17(14,15)13-8-6-9-16-5-2/h11-13H,4-10H2,1-3H3. The second-order valence-corrected chi connectivity index (χ2v) is 6.19. The van der Waals surface area contributed by atoms with Crippen molar-refractivity contribution in [2.24, 2.45) is 0 Å². The van der Waals surface area contributed by atoms with Crippen LogP contribution in [-0.4, -0.2) is 46.5 Å². The second-order valence-electron chi connectivity index (χ2n) is 4.00. The van der Waals surface area contributed by atoms with Gasteiger partial charge >= 0.3 is 0 Å². The van der Waals surface area contributed by atoms with E-state index in [0.29, 0.717) is 32.7 Å². The molecule has 0 aromatic carbocycles. The van der Waals surface area contributed by atoms with E-state index in [9.17, 15) is 8.42 Å². The van der Waals surface area contributed by atoms with Gasteiger partial charge in [-0.25, -0.2) is 13.1 Å². The van der Waals surface area contributed by atoms with Crippen LogP contribution in [0.2, 0.25) is 0 Å². The monoisotopic (exact) mass is 266 g/mol. The van der Waals surface area contributed by atoms with Crippen LogP contribution in [0, 0.1) is 0 Å². The number of sulfonamides is 1. The molecule has 0 saturated carbocycles. The summed E-state index contributed by atoms with van der Waals surface area (Å²) >= 11 is 0. The van der Waals surface area contributed by atoms with Crippen molar-refractivity contribution in [2.45, 2.75) is 38.9 Å². The Morgan fingerprint density at radius 1 is 1.24 bits per heavy atom. The van der Waals surface area contributed by atoms with Gasteiger partial charge in [0.25, 0.3) is 0 Å². The first-order chi connectivity index (χ1) is 8.04. The Morgan fingerprint density at radius 2 is 1.94 bits per heavy atom. The third kappa shape index (κ3) is 8.54. The van der Waals surface area contributed by atoms with Gasteiger partial charge in [0.15, 0.2) is 0 Å². The molecule has 5 nitrogen and oxygen atoms in total. The zero-order chi connectivity index (χ0) is 13.1. The summed E-state index contributed by atoms with van der Waals surface area (Å²) in [5.41, 5.74) is 0. The van der Waals surface area contributed by atoms with Crippen LogP contribution in [0.4, 0.5) is 0 Å². The second kappa shape index (κ2) is 9.82. The molecule has 0 radical (unpaired) electrons. The van der Waals surface area contributed by atoms with Gasteiger partial charge in [-0.3, -0.25) is 0 Å². The Labute approximate surface area is 105 Å². The molecule has 0 aromatic rings. The molecule has 1 unspecified atom stereocenters. The molecule has 2 N–H and O–H groups in total. The number of hydrogen-bond donors (Lipinski definition) is 2. The van der Waals surface area contributed by atoms with Crippen molar-refractivity contribution in [1.82, 2.24) is 10.0 Å². The fourth-order valence-electron chi connectivity index (χ4n) is 1.27. The quantitative estimate of drug-likeness (QED) is 0.541. The molecule has 0 fully saturated rings. The van der Waals surface area contributed by atoms with E-state index in [4.69, 9.17) is 4.74 Å². The Kier molecular flexibility index (Phi) is 9.72. The van der Waals surface area contributed by atoms with Crippen molar-refractivity contribution in [3.63, 3.8) is 0 Å². The van der Waals surface area contributed by atoms with Gasteiger partial charge in [-0.2, -0.15) is 0 Å². The number of hydrogen-bond acceptors (Lipinski definition) is 4.